The Labute approximate surface area is 512 Å². The lowest BCUT2D eigenvalue weighted by Crippen LogP contribution is -2.71. The Morgan fingerprint density at radius 1 is 0.759 bits per heavy atom. The van der Waals surface area contributed by atoms with Gasteiger partial charge in [-0.2, -0.15) is 0 Å². The predicted molar refractivity (Wildman–Crippen MR) is 318 cm³/mol. The van der Waals surface area contributed by atoms with E-state index in [1.807, 2.05) is 33.8 Å². The van der Waals surface area contributed by atoms with Crippen molar-refractivity contribution in [1.82, 2.24) is 5.32 Å². The van der Waals surface area contributed by atoms with E-state index >= 15 is 0 Å². The molecule has 22 heteroatoms. The Hall–Kier alpha value is -4.83. The van der Waals surface area contributed by atoms with Gasteiger partial charge in [0.15, 0.2) is 25.0 Å². The molecule has 0 bridgehead atoms. The highest BCUT2D eigenvalue weighted by atomic mass is 16.7. The fraction of sp³-hybridized carbons (Fsp3) is 0.646. The summed E-state index contributed by atoms with van der Waals surface area (Å²) < 4.78 is 80.6. The van der Waals surface area contributed by atoms with Gasteiger partial charge in [-0.3, -0.25) is 9.59 Å². The molecule has 486 valence electrons. The first-order valence-corrected chi connectivity index (χ1v) is 30.0. The summed E-state index contributed by atoms with van der Waals surface area (Å²) in [5.74, 6) is -7.19. The van der Waals surface area contributed by atoms with Crippen molar-refractivity contribution in [2.24, 2.45) is 17.3 Å². The molecule has 5 heterocycles. The van der Waals surface area contributed by atoms with Crippen LogP contribution in [-0.4, -0.2) is 207 Å². The van der Waals surface area contributed by atoms with E-state index in [4.69, 9.17) is 66.7 Å². The molecule has 5 aliphatic rings. The third kappa shape index (κ3) is 19.1. The van der Waals surface area contributed by atoms with Crippen LogP contribution in [0, 0.1) is 17.3 Å². The van der Waals surface area contributed by atoms with Gasteiger partial charge in [-0.05, 0) is 45.8 Å². The van der Waals surface area contributed by atoms with Gasteiger partial charge >= 0.3 is 11.9 Å². The van der Waals surface area contributed by atoms with Crippen molar-refractivity contribution in [3.63, 3.8) is 0 Å². The average molecular weight is 1230 g/mol. The largest absolute Gasteiger partial charge is 0.478 e. The molecule has 1 aromatic rings. The highest BCUT2D eigenvalue weighted by Crippen LogP contribution is 2.46. The molecule has 5 saturated heterocycles. The maximum absolute atomic E-state index is 14.9. The van der Waals surface area contributed by atoms with Crippen molar-refractivity contribution in [2.45, 2.75) is 210 Å². The number of methoxy groups -OCH3 is 4. The Morgan fingerprint density at radius 3 is 1.98 bits per heavy atom. The quantitative estimate of drug-likeness (QED) is 0.0343. The number of hydrogen-bond acceptors (Lipinski definition) is 20. The summed E-state index contributed by atoms with van der Waals surface area (Å²) in [4.78, 5) is 39.5. The van der Waals surface area contributed by atoms with E-state index in [0.717, 1.165) is 11.6 Å². The molecule has 5 aliphatic heterocycles. The fourth-order valence-electron chi connectivity index (χ4n) is 11.8. The van der Waals surface area contributed by atoms with Gasteiger partial charge in [-0.25, -0.2) is 4.79 Å². The number of ether oxygens (including phenoxy) is 13. The molecule has 5 fully saturated rings. The zero-order valence-electron chi connectivity index (χ0n) is 52.2. The van der Waals surface area contributed by atoms with Crippen molar-refractivity contribution in [3.8, 4) is 0 Å². The van der Waals surface area contributed by atoms with Crippen LogP contribution in [0.1, 0.15) is 86.6 Å². The van der Waals surface area contributed by atoms with Gasteiger partial charge in [-0.15, -0.1) is 0 Å². The molecule has 6 N–H and O–H groups in total. The number of carboxylic acid groups (broad SMARTS) is 1. The monoisotopic (exact) mass is 1230 g/mol. The zero-order valence-corrected chi connectivity index (χ0v) is 52.2. The number of nitrogens with one attached hydrogen (secondary N) is 1. The molecule has 87 heavy (non-hydrogen) atoms. The summed E-state index contributed by atoms with van der Waals surface area (Å²) in [6, 6.07) is 8.84. The number of benzene rings is 1. The topological polar surface area (TPSA) is 284 Å². The number of carboxylic acids is 1. The van der Waals surface area contributed by atoms with E-state index < -0.39 is 152 Å². The van der Waals surface area contributed by atoms with E-state index in [-0.39, 0.29) is 37.8 Å². The number of carbonyl (C=O) groups excluding carboxylic acids is 2. The number of esters is 1. The van der Waals surface area contributed by atoms with Crippen LogP contribution in [0.25, 0.3) is 0 Å². The number of aliphatic carboxylic acids is 1. The van der Waals surface area contributed by atoms with E-state index in [0.29, 0.717) is 18.4 Å². The number of carbonyl (C=O) groups is 3. The highest BCUT2D eigenvalue weighted by molar-refractivity contribution is 5.81. The average Bonchev–Trinajstić information content (AvgIpc) is 1.73. The lowest BCUT2D eigenvalue weighted by atomic mass is 9.71. The van der Waals surface area contributed by atoms with Gasteiger partial charge < -0.3 is 92.4 Å². The standard InChI is InChI=1S/C65H95NO21/c1-13-14-18-29-51-64(7,8)61(72)62(84-53(70)32-43-26-19-17-20-27-43)65(74,87-51)44(63(73)66-31-24-23-25-38(2)58(78-12)39(3)47-33-45(67)46(83-47)28-21-15-16-22-30-52(68)69)37-79-54-35-49(76-10)59(41(5)81-54)86-56-36-50(77-11)60(42(6)82-56)85-55-34-48(75-9)57(71)40(4)80-55/h13-30,39-42,44-51,54-62,67,71-72,74H,31-37H2,1-12H3,(H,66,73)(H,68,69)/b14-13+,16-15+,24-23+,28-21+,29-18+,30-22+,38-25+/t39?,40-,41-,42+,44?,45?,46?,47?,48-,49-,50-,51+,54+,55-,56-,57+,58?,59+,60+,61+,62-,65-/m1/s1. The van der Waals surface area contributed by atoms with Gasteiger partial charge in [0, 0.05) is 78.1 Å². The van der Waals surface area contributed by atoms with Crippen molar-refractivity contribution in [3.05, 3.63) is 120 Å². The maximum atomic E-state index is 14.9. The molecule has 1 amide bonds. The number of aliphatic hydroxyl groups excluding tert-OH is 3. The summed E-state index contributed by atoms with van der Waals surface area (Å²) in [5, 5.41) is 58.5. The van der Waals surface area contributed by atoms with E-state index in [1.165, 1.54) is 20.3 Å². The van der Waals surface area contributed by atoms with Crippen LogP contribution < -0.4 is 5.32 Å². The van der Waals surface area contributed by atoms with Crippen LogP contribution >= 0.6 is 0 Å². The first kappa shape index (κ1) is 71.2. The van der Waals surface area contributed by atoms with Gasteiger partial charge in [0.1, 0.15) is 36.4 Å². The van der Waals surface area contributed by atoms with Crippen LogP contribution in [0.4, 0.5) is 0 Å². The molecular formula is C65H95NO21. The summed E-state index contributed by atoms with van der Waals surface area (Å²) in [6.45, 7) is 13.9. The first-order valence-electron chi connectivity index (χ1n) is 30.0. The maximum Gasteiger partial charge on any atom is 0.328 e. The molecule has 0 radical (unpaired) electrons. The van der Waals surface area contributed by atoms with Crippen molar-refractivity contribution in [2.75, 3.05) is 41.6 Å². The Balaban J connectivity index is 1.19. The second-order valence-electron chi connectivity index (χ2n) is 23.5. The molecular weight excluding hydrogens is 1130 g/mol. The SMILES string of the molecule is C/C=C/C=C/[C@@H]1O[C@](O)(C(CO[C@@H]2C[C@@H](OC)[C@@H](O[C@@H]3C[C@@H](OC)[C@@H](O[C@@H]4C[C@@H](OC)[C@@H](O)[C@@H](C)O4)[C@H](C)O3)[C@@H](C)O2)C(=O)NC/C=C/C=C(\C)C(OC)C(C)C2CC(O)C(/C=C/C=C/C=C/C(=O)O)O2)[C@H](OC(=O)Cc2ccccc2)[C@H](O)C1(C)C. The summed E-state index contributed by atoms with van der Waals surface area (Å²) in [5.41, 5.74) is 0.265. The smallest absolute Gasteiger partial charge is 0.328 e. The summed E-state index contributed by atoms with van der Waals surface area (Å²) in [6.07, 6.45) is 7.66. The first-order chi connectivity index (χ1) is 41.5. The molecule has 6 unspecified atom stereocenters. The molecule has 1 aromatic carbocycles. The molecule has 0 aromatic heterocycles. The van der Waals surface area contributed by atoms with E-state index in [2.05, 4.69) is 5.32 Å². The van der Waals surface area contributed by atoms with E-state index in [1.54, 1.807) is 133 Å². The van der Waals surface area contributed by atoms with E-state index in [9.17, 15) is 34.8 Å². The van der Waals surface area contributed by atoms with Gasteiger partial charge in [-0.1, -0.05) is 124 Å². The van der Waals surface area contributed by atoms with Gasteiger partial charge in [0.2, 0.25) is 11.7 Å². The van der Waals surface area contributed by atoms with Crippen molar-refractivity contribution < 1.29 is 101 Å². The number of hydrogen-bond donors (Lipinski definition) is 6. The number of rotatable bonds is 28. The Kier molecular flexibility index (Phi) is 27.7. The number of aliphatic hydroxyl groups is 4. The second kappa shape index (κ2) is 33.8. The van der Waals surface area contributed by atoms with Crippen LogP contribution in [0.2, 0.25) is 0 Å². The van der Waals surface area contributed by atoms with Crippen LogP contribution in [0.5, 0.6) is 0 Å². The predicted octanol–water partition coefficient (Wildman–Crippen LogP) is 5.50. The molecule has 0 aliphatic carbocycles. The number of allylic oxidation sites excluding steroid dienone is 9. The minimum atomic E-state index is -2.71. The molecule has 6 rings (SSSR count). The summed E-state index contributed by atoms with van der Waals surface area (Å²) >= 11 is 0. The third-order valence-corrected chi connectivity index (χ3v) is 16.9. The zero-order chi connectivity index (χ0) is 63.6. The minimum absolute atomic E-state index is 0.0572. The lowest BCUT2D eigenvalue weighted by Gasteiger charge is -2.54. The van der Waals surface area contributed by atoms with Crippen molar-refractivity contribution >= 4 is 17.8 Å². The summed E-state index contributed by atoms with van der Waals surface area (Å²) in [7, 11) is 6.24. The molecule has 0 spiro atoms. The van der Waals surface area contributed by atoms with Gasteiger partial charge in [0.05, 0.1) is 74.1 Å². The lowest BCUT2D eigenvalue weighted by molar-refractivity contribution is -0.368. The van der Waals surface area contributed by atoms with Crippen LogP contribution in [0.15, 0.2) is 115 Å². The normalized spacial score (nSPS) is 36.3. The molecule has 22 nitrogen and oxygen atoms in total. The molecule has 0 saturated carbocycles. The second-order valence-corrected chi connectivity index (χ2v) is 23.5. The van der Waals surface area contributed by atoms with Gasteiger partial charge in [0.25, 0.3) is 0 Å². The van der Waals surface area contributed by atoms with Crippen molar-refractivity contribution in [1.29, 1.82) is 0 Å². The third-order valence-electron chi connectivity index (χ3n) is 16.9. The number of amides is 1. The minimum Gasteiger partial charge on any atom is -0.478 e. The van der Waals surface area contributed by atoms with Crippen LogP contribution in [0.3, 0.4) is 0 Å². The van der Waals surface area contributed by atoms with Crippen LogP contribution in [-0.2, 0) is 82.4 Å². The Morgan fingerprint density at radius 2 is 1.36 bits per heavy atom. The Bertz CT molecular complexity index is 2530. The highest BCUT2D eigenvalue weighted by Gasteiger charge is 2.63. The molecule has 22 atom stereocenters. The fourth-order valence-corrected chi connectivity index (χ4v) is 11.8.